The van der Waals surface area contributed by atoms with Gasteiger partial charge >= 0.3 is 6.18 Å². The fourth-order valence-corrected chi connectivity index (χ4v) is 0.521. The molecule has 0 aromatic heterocycles. The van der Waals surface area contributed by atoms with E-state index in [4.69, 9.17) is 10.2 Å². The monoisotopic (exact) mass is 187 g/mol. The molecule has 0 saturated heterocycles. The van der Waals surface area contributed by atoms with Gasteiger partial charge in [-0.15, -0.1) is 0 Å². The average molecular weight is 187 g/mol. The zero-order chi connectivity index (χ0) is 9.99. The van der Waals surface area contributed by atoms with Crippen LogP contribution >= 0.6 is 0 Å². The Hall–Kier alpha value is -0.330. The second-order valence-electron chi connectivity index (χ2n) is 2.87. The molecule has 6 heteroatoms. The number of hydrogen-bond acceptors (Lipinski definition) is 3. The molecule has 74 valence electrons. The first-order valence-corrected chi connectivity index (χ1v) is 3.33. The lowest BCUT2D eigenvalue weighted by atomic mass is 10.2. The molecule has 0 radical (unpaired) electrons. The Kier molecular flexibility index (Phi) is 3.49. The lowest BCUT2D eigenvalue weighted by Crippen LogP contribution is -2.46. The summed E-state index contributed by atoms with van der Waals surface area (Å²) in [6, 6.07) is 0. The van der Waals surface area contributed by atoms with Gasteiger partial charge in [-0.1, -0.05) is 0 Å². The number of aliphatic hydroxyl groups is 2. The largest absolute Gasteiger partial charge is 0.442 e. The van der Waals surface area contributed by atoms with Gasteiger partial charge in [0.15, 0.2) is 0 Å². The Morgan fingerprint density at radius 1 is 1.17 bits per heavy atom. The van der Waals surface area contributed by atoms with Gasteiger partial charge < -0.3 is 15.1 Å². The van der Waals surface area contributed by atoms with Crippen molar-refractivity contribution in [3.8, 4) is 0 Å². The van der Waals surface area contributed by atoms with Crippen molar-refractivity contribution in [2.75, 3.05) is 20.6 Å². The summed E-state index contributed by atoms with van der Waals surface area (Å²) in [6.45, 7) is -0.0352. The highest BCUT2D eigenvalue weighted by Gasteiger charge is 2.52. The van der Waals surface area contributed by atoms with Gasteiger partial charge in [0.05, 0.1) is 0 Å². The summed E-state index contributed by atoms with van der Waals surface area (Å²) in [5, 5.41) is 17.0. The first-order chi connectivity index (χ1) is 5.17. The van der Waals surface area contributed by atoms with Crippen molar-refractivity contribution >= 4 is 0 Å². The highest BCUT2D eigenvalue weighted by atomic mass is 19.4. The lowest BCUT2D eigenvalue weighted by Gasteiger charge is -2.25. The molecule has 0 atom stereocenters. The minimum atomic E-state index is -4.98. The maximum absolute atomic E-state index is 11.8. The predicted molar refractivity (Wildman–Crippen MR) is 36.4 cm³/mol. The second kappa shape index (κ2) is 3.59. The Morgan fingerprint density at radius 3 is 1.83 bits per heavy atom. The number of nitrogens with zero attached hydrogens (tertiary/aromatic N) is 1. The van der Waals surface area contributed by atoms with E-state index in [1.807, 2.05) is 0 Å². The van der Waals surface area contributed by atoms with Crippen molar-refractivity contribution < 1.29 is 23.4 Å². The third-order valence-corrected chi connectivity index (χ3v) is 1.36. The second-order valence-corrected chi connectivity index (χ2v) is 2.87. The number of rotatable bonds is 3. The van der Waals surface area contributed by atoms with Crippen LogP contribution in [0.3, 0.4) is 0 Å². The van der Waals surface area contributed by atoms with Gasteiger partial charge in [-0.2, -0.15) is 13.2 Å². The lowest BCUT2D eigenvalue weighted by molar-refractivity contribution is -0.351. The fourth-order valence-electron chi connectivity index (χ4n) is 0.521. The van der Waals surface area contributed by atoms with Crippen molar-refractivity contribution in [3.63, 3.8) is 0 Å². The summed E-state index contributed by atoms with van der Waals surface area (Å²) in [4.78, 5) is 1.44. The molecular formula is C6H12F3NO2. The first-order valence-electron chi connectivity index (χ1n) is 3.33. The molecule has 12 heavy (non-hydrogen) atoms. The van der Waals surface area contributed by atoms with Crippen LogP contribution in [0.1, 0.15) is 6.42 Å². The zero-order valence-corrected chi connectivity index (χ0v) is 6.89. The predicted octanol–water partition coefficient (Wildman–Crippen LogP) is 0.181. The van der Waals surface area contributed by atoms with E-state index in [2.05, 4.69) is 0 Å². The molecular weight excluding hydrogens is 175 g/mol. The van der Waals surface area contributed by atoms with Gasteiger partial charge in [0.25, 0.3) is 5.79 Å². The number of hydrogen-bond donors (Lipinski definition) is 2. The van der Waals surface area contributed by atoms with Crippen LogP contribution in [0, 0.1) is 0 Å². The molecule has 0 fully saturated rings. The molecule has 0 heterocycles. The normalized spacial score (nSPS) is 14.0. The third kappa shape index (κ3) is 3.38. The van der Waals surface area contributed by atoms with E-state index in [9.17, 15) is 13.2 Å². The number of halogens is 3. The highest BCUT2D eigenvalue weighted by Crippen LogP contribution is 2.30. The maximum atomic E-state index is 11.8. The van der Waals surface area contributed by atoms with Crippen LogP contribution in [0.4, 0.5) is 13.2 Å². The van der Waals surface area contributed by atoms with Crippen molar-refractivity contribution in [3.05, 3.63) is 0 Å². The van der Waals surface area contributed by atoms with Crippen LogP contribution in [-0.4, -0.2) is 47.7 Å². The van der Waals surface area contributed by atoms with Gasteiger partial charge in [-0.25, -0.2) is 0 Å². The molecule has 0 aliphatic heterocycles. The van der Waals surface area contributed by atoms with Gasteiger partial charge in [-0.05, 0) is 14.1 Å². The summed E-state index contributed by atoms with van der Waals surface area (Å²) in [7, 11) is 3.10. The summed E-state index contributed by atoms with van der Waals surface area (Å²) in [6.07, 6.45) is -5.73. The van der Waals surface area contributed by atoms with E-state index in [0.29, 0.717) is 0 Å². The molecule has 2 N–H and O–H groups in total. The Balaban J connectivity index is 4.05. The Bertz CT molecular complexity index is 144. The molecule has 0 unspecified atom stereocenters. The molecule has 0 saturated carbocycles. The van der Waals surface area contributed by atoms with Crippen LogP contribution in [0.15, 0.2) is 0 Å². The van der Waals surface area contributed by atoms with Crippen molar-refractivity contribution in [1.29, 1.82) is 0 Å². The standard InChI is InChI=1S/C6H12F3NO2/c1-10(2)4-3-5(11,12)6(7,8)9/h11-12H,3-4H2,1-2H3. The molecule has 0 rings (SSSR count). The maximum Gasteiger partial charge on any atom is 0.442 e. The van der Waals surface area contributed by atoms with Crippen LogP contribution in [0.25, 0.3) is 0 Å². The van der Waals surface area contributed by atoms with Crippen molar-refractivity contribution in [2.45, 2.75) is 18.4 Å². The molecule has 0 aliphatic rings. The van der Waals surface area contributed by atoms with E-state index in [1.165, 1.54) is 4.90 Å². The minimum Gasteiger partial charge on any atom is -0.359 e. The van der Waals surface area contributed by atoms with Gasteiger partial charge in [0.1, 0.15) is 0 Å². The van der Waals surface area contributed by atoms with Crippen LogP contribution in [0.2, 0.25) is 0 Å². The zero-order valence-electron chi connectivity index (χ0n) is 6.89. The van der Waals surface area contributed by atoms with E-state index >= 15 is 0 Å². The summed E-state index contributed by atoms with van der Waals surface area (Å²) < 4.78 is 35.3. The van der Waals surface area contributed by atoms with Gasteiger partial charge in [-0.3, -0.25) is 0 Å². The molecule has 0 aromatic carbocycles. The van der Waals surface area contributed by atoms with Crippen LogP contribution in [0.5, 0.6) is 0 Å². The molecule has 0 aromatic rings. The third-order valence-electron chi connectivity index (χ3n) is 1.36. The van der Waals surface area contributed by atoms with Crippen LogP contribution in [-0.2, 0) is 0 Å². The van der Waals surface area contributed by atoms with Gasteiger partial charge in [0, 0.05) is 13.0 Å². The molecule has 0 aliphatic carbocycles. The van der Waals surface area contributed by atoms with Crippen LogP contribution < -0.4 is 0 Å². The summed E-state index contributed by atoms with van der Waals surface area (Å²) >= 11 is 0. The topological polar surface area (TPSA) is 43.7 Å². The van der Waals surface area contributed by atoms with Crippen molar-refractivity contribution in [2.24, 2.45) is 0 Å². The number of alkyl halides is 3. The quantitative estimate of drug-likeness (QED) is 0.619. The molecule has 0 amide bonds. The van der Waals surface area contributed by atoms with E-state index in [1.54, 1.807) is 14.1 Å². The van der Waals surface area contributed by atoms with E-state index in [-0.39, 0.29) is 6.54 Å². The smallest absolute Gasteiger partial charge is 0.359 e. The summed E-state index contributed by atoms with van der Waals surface area (Å²) in [5.74, 6) is -3.57. The van der Waals surface area contributed by atoms with Gasteiger partial charge in [0.2, 0.25) is 0 Å². The Labute approximate surface area is 68.4 Å². The average Bonchev–Trinajstić information content (AvgIpc) is 1.81. The fraction of sp³-hybridized carbons (Fsp3) is 1.00. The van der Waals surface area contributed by atoms with Crippen molar-refractivity contribution in [1.82, 2.24) is 4.90 Å². The van der Waals surface area contributed by atoms with E-state index < -0.39 is 18.4 Å². The molecule has 3 nitrogen and oxygen atoms in total. The molecule has 0 bridgehead atoms. The first kappa shape index (κ1) is 11.7. The SMILES string of the molecule is CN(C)CCC(O)(O)C(F)(F)F. The minimum absolute atomic E-state index is 0.0352. The Morgan fingerprint density at radius 2 is 1.58 bits per heavy atom. The van der Waals surface area contributed by atoms with E-state index in [0.717, 1.165) is 0 Å². The molecule has 0 spiro atoms. The summed E-state index contributed by atoms with van der Waals surface area (Å²) in [5.41, 5.74) is 0. The highest BCUT2D eigenvalue weighted by molar-refractivity contribution is 4.74.